The molecule has 0 aliphatic rings. The highest BCUT2D eigenvalue weighted by molar-refractivity contribution is 9.10. The van der Waals surface area contributed by atoms with Crippen LogP contribution in [0.15, 0.2) is 22.7 Å². The van der Waals surface area contributed by atoms with Gasteiger partial charge in [0.05, 0.1) is 15.4 Å². The summed E-state index contributed by atoms with van der Waals surface area (Å²) in [4.78, 5) is 21.0. The van der Waals surface area contributed by atoms with Gasteiger partial charge in [-0.3, -0.25) is 14.9 Å². The summed E-state index contributed by atoms with van der Waals surface area (Å²) in [5.74, 6) is -0.461. The molecule has 0 saturated carbocycles. The maximum atomic E-state index is 10.8. The van der Waals surface area contributed by atoms with Gasteiger partial charge < -0.3 is 11.1 Å². The molecule has 0 heterocycles. The molecule has 17 heavy (non-hydrogen) atoms. The lowest BCUT2D eigenvalue weighted by Gasteiger charge is -2.09. The number of carbonyl (C=O) groups is 1. The standard InChI is InChI=1S/C10H12BrN3O3/c1-6(10(12)15)13-5-7-2-3-8(11)9(4-7)14(16)17/h2-4,6,13H,5H2,1H3,(H2,12,15). The third-order valence-corrected chi connectivity index (χ3v) is 2.92. The molecular formula is C10H12BrN3O3. The summed E-state index contributed by atoms with van der Waals surface area (Å²) in [6, 6.07) is 4.31. The Morgan fingerprint density at radius 1 is 1.65 bits per heavy atom. The Hall–Kier alpha value is -1.47. The topological polar surface area (TPSA) is 98.3 Å². The van der Waals surface area contributed by atoms with Gasteiger partial charge in [-0.1, -0.05) is 6.07 Å². The van der Waals surface area contributed by atoms with E-state index in [4.69, 9.17) is 5.73 Å². The molecule has 1 aromatic rings. The molecule has 0 spiro atoms. The van der Waals surface area contributed by atoms with Crippen LogP contribution in [-0.4, -0.2) is 16.9 Å². The molecule has 1 aromatic carbocycles. The first kappa shape index (κ1) is 13.6. The lowest BCUT2D eigenvalue weighted by molar-refractivity contribution is -0.385. The monoisotopic (exact) mass is 301 g/mol. The van der Waals surface area contributed by atoms with Crippen LogP contribution in [-0.2, 0) is 11.3 Å². The quantitative estimate of drug-likeness (QED) is 0.633. The average Bonchev–Trinajstić information content (AvgIpc) is 2.26. The molecule has 1 amide bonds. The first-order chi connectivity index (χ1) is 7.91. The van der Waals surface area contributed by atoms with Crippen LogP contribution in [0.3, 0.4) is 0 Å². The van der Waals surface area contributed by atoms with Gasteiger partial charge in [-0.2, -0.15) is 0 Å². The minimum atomic E-state index is -0.474. The fourth-order valence-corrected chi connectivity index (χ4v) is 1.57. The highest BCUT2D eigenvalue weighted by Gasteiger charge is 2.13. The van der Waals surface area contributed by atoms with Crippen molar-refractivity contribution in [3.63, 3.8) is 0 Å². The normalized spacial score (nSPS) is 12.1. The average molecular weight is 302 g/mol. The van der Waals surface area contributed by atoms with Crippen LogP contribution in [0.1, 0.15) is 12.5 Å². The zero-order valence-electron chi connectivity index (χ0n) is 9.14. The van der Waals surface area contributed by atoms with Crippen molar-refractivity contribution in [1.29, 1.82) is 0 Å². The van der Waals surface area contributed by atoms with E-state index in [-0.39, 0.29) is 5.69 Å². The summed E-state index contributed by atoms with van der Waals surface area (Å²) in [7, 11) is 0. The van der Waals surface area contributed by atoms with E-state index in [1.807, 2.05) is 0 Å². The van der Waals surface area contributed by atoms with Gasteiger partial charge >= 0.3 is 0 Å². The Morgan fingerprint density at radius 3 is 2.82 bits per heavy atom. The minimum absolute atomic E-state index is 0.00368. The number of nitrogens with two attached hydrogens (primary N) is 1. The molecule has 1 unspecified atom stereocenters. The van der Waals surface area contributed by atoms with E-state index in [2.05, 4.69) is 21.2 Å². The van der Waals surface area contributed by atoms with Gasteiger partial charge in [-0.25, -0.2) is 0 Å². The number of nitrogens with zero attached hydrogens (tertiary/aromatic N) is 1. The van der Waals surface area contributed by atoms with Crippen LogP contribution in [0, 0.1) is 10.1 Å². The fraction of sp³-hybridized carbons (Fsp3) is 0.300. The maximum absolute atomic E-state index is 10.8. The largest absolute Gasteiger partial charge is 0.368 e. The molecule has 0 saturated heterocycles. The van der Waals surface area contributed by atoms with E-state index in [1.54, 1.807) is 19.1 Å². The number of nitro benzene ring substituents is 1. The summed E-state index contributed by atoms with van der Waals surface area (Å²) >= 11 is 3.10. The molecule has 0 aliphatic carbocycles. The van der Waals surface area contributed by atoms with E-state index in [1.165, 1.54) is 6.07 Å². The first-order valence-corrected chi connectivity index (χ1v) is 5.66. The molecule has 0 bridgehead atoms. The highest BCUT2D eigenvalue weighted by atomic mass is 79.9. The van der Waals surface area contributed by atoms with E-state index >= 15 is 0 Å². The zero-order valence-corrected chi connectivity index (χ0v) is 10.7. The molecule has 0 aliphatic heterocycles. The second kappa shape index (κ2) is 5.74. The number of nitrogens with one attached hydrogen (secondary N) is 1. The SMILES string of the molecule is CC(NCc1ccc(Br)c([N+](=O)[O-])c1)C(N)=O. The highest BCUT2D eigenvalue weighted by Crippen LogP contribution is 2.25. The Morgan fingerprint density at radius 2 is 2.29 bits per heavy atom. The first-order valence-electron chi connectivity index (χ1n) is 4.87. The summed E-state index contributed by atoms with van der Waals surface area (Å²) in [5, 5.41) is 13.6. The Bertz CT molecular complexity index is 450. The summed E-state index contributed by atoms with van der Waals surface area (Å²) < 4.78 is 0.425. The number of carbonyl (C=O) groups excluding carboxylic acids is 1. The van der Waals surface area contributed by atoms with Crippen LogP contribution in [0.25, 0.3) is 0 Å². The number of primary amides is 1. The van der Waals surface area contributed by atoms with Crippen LogP contribution >= 0.6 is 15.9 Å². The van der Waals surface area contributed by atoms with Gasteiger partial charge in [0.15, 0.2) is 0 Å². The van der Waals surface area contributed by atoms with Gasteiger partial charge in [0.25, 0.3) is 5.69 Å². The lowest BCUT2D eigenvalue weighted by Crippen LogP contribution is -2.38. The number of benzene rings is 1. The van der Waals surface area contributed by atoms with Crippen molar-refractivity contribution in [2.75, 3.05) is 0 Å². The third-order valence-electron chi connectivity index (χ3n) is 2.25. The minimum Gasteiger partial charge on any atom is -0.368 e. The molecule has 92 valence electrons. The third kappa shape index (κ3) is 3.79. The molecule has 7 heteroatoms. The van der Waals surface area contributed by atoms with E-state index in [0.717, 1.165) is 0 Å². The van der Waals surface area contributed by atoms with Crippen LogP contribution < -0.4 is 11.1 Å². The smallest absolute Gasteiger partial charge is 0.283 e. The van der Waals surface area contributed by atoms with Crippen LogP contribution in [0.5, 0.6) is 0 Å². The molecule has 3 N–H and O–H groups in total. The molecule has 0 radical (unpaired) electrons. The molecule has 6 nitrogen and oxygen atoms in total. The molecule has 1 rings (SSSR count). The van der Waals surface area contributed by atoms with E-state index in [9.17, 15) is 14.9 Å². The van der Waals surface area contributed by atoms with Gasteiger partial charge in [-0.15, -0.1) is 0 Å². The Kier molecular flexibility index (Phi) is 4.59. The van der Waals surface area contributed by atoms with Crippen molar-refractivity contribution < 1.29 is 9.72 Å². The van der Waals surface area contributed by atoms with Gasteiger partial charge in [-0.05, 0) is 34.5 Å². The summed E-state index contributed by atoms with van der Waals surface area (Å²) in [5.41, 5.74) is 5.80. The number of halogens is 1. The number of hydrogen-bond acceptors (Lipinski definition) is 4. The van der Waals surface area contributed by atoms with Crippen molar-refractivity contribution in [1.82, 2.24) is 5.32 Å². The van der Waals surface area contributed by atoms with Gasteiger partial charge in [0.2, 0.25) is 5.91 Å². The van der Waals surface area contributed by atoms with Crippen LogP contribution in [0.4, 0.5) is 5.69 Å². The lowest BCUT2D eigenvalue weighted by atomic mass is 10.2. The predicted molar refractivity (Wildman–Crippen MR) is 66.3 cm³/mol. The predicted octanol–water partition coefficient (Wildman–Crippen LogP) is 1.32. The van der Waals surface area contributed by atoms with E-state index in [0.29, 0.717) is 16.6 Å². The van der Waals surface area contributed by atoms with Crippen molar-refractivity contribution in [3.8, 4) is 0 Å². The number of amides is 1. The van der Waals surface area contributed by atoms with Crippen molar-refractivity contribution in [2.45, 2.75) is 19.5 Å². The molecule has 0 fully saturated rings. The van der Waals surface area contributed by atoms with Crippen molar-refractivity contribution in [2.24, 2.45) is 5.73 Å². The van der Waals surface area contributed by atoms with Crippen molar-refractivity contribution >= 4 is 27.5 Å². The van der Waals surface area contributed by atoms with Crippen molar-refractivity contribution in [3.05, 3.63) is 38.3 Å². The van der Waals surface area contributed by atoms with Gasteiger partial charge in [0.1, 0.15) is 0 Å². The summed E-state index contributed by atoms with van der Waals surface area (Å²) in [6.07, 6.45) is 0. The van der Waals surface area contributed by atoms with Gasteiger partial charge in [0, 0.05) is 12.6 Å². The fourth-order valence-electron chi connectivity index (χ4n) is 1.18. The van der Waals surface area contributed by atoms with Crippen LogP contribution in [0.2, 0.25) is 0 Å². The molecular weight excluding hydrogens is 290 g/mol. The maximum Gasteiger partial charge on any atom is 0.283 e. The number of hydrogen-bond donors (Lipinski definition) is 2. The number of rotatable bonds is 5. The number of nitro groups is 1. The van der Waals surface area contributed by atoms with E-state index < -0.39 is 16.9 Å². The second-order valence-corrected chi connectivity index (χ2v) is 4.40. The molecule has 0 aromatic heterocycles. The molecule has 1 atom stereocenters. The second-order valence-electron chi connectivity index (χ2n) is 3.55. The summed E-state index contributed by atoms with van der Waals surface area (Å²) in [6.45, 7) is 1.98. The Balaban J connectivity index is 2.76. The Labute approximate surface area is 106 Å². The zero-order chi connectivity index (χ0) is 13.0.